The lowest BCUT2D eigenvalue weighted by molar-refractivity contribution is -0.00147. The van der Waals surface area contributed by atoms with E-state index in [1.165, 1.54) is 5.56 Å². The van der Waals surface area contributed by atoms with Crippen molar-refractivity contribution in [3.05, 3.63) is 35.9 Å². The molecule has 30 heavy (non-hydrogen) atoms. The van der Waals surface area contributed by atoms with Crippen LogP contribution < -0.4 is 10.6 Å². The van der Waals surface area contributed by atoms with Crippen LogP contribution >= 0.6 is 0 Å². The van der Waals surface area contributed by atoms with Crippen LogP contribution in [0, 0.1) is 0 Å². The molecule has 0 bridgehead atoms. The fourth-order valence-corrected chi connectivity index (χ4v) is 2.27. The minimum atomic E-state index is -0.493. The van der Waals surface area contributed by atoms with Crippen molar-refractivity contribution in [1.29, 1.82) is 0 Å². The second-order valence-electron chi connectivity index (χ2n) is 7.54. The van der Waals surface area contributed by atoms with E-state index in [9.17, 15) is 4.79 Å². The van der Waals surface area contributed by atoms with Crippen molar-refractivity contribution in [3.8, 4) is 0 Å². The van der Waals surface area contributed by atoms with Crippen LogP contribution in [0.2, 0.25) is 0 Å². The fourth-order valence-electron chi connectivity index (χ4n) is 2.27. The van der Waals surface area contributed by atoms with E-state index in [1.54, 1.807) is 0 Å². The summed E-state index contributed by atoms with van der Waals surface area (Å²) < 4.78 is 26.9. The zero-order chi connectivity index (χ0) is 21.9. The zero-order valence-corrected chi connectivity index (χ0v) is 18.6. The van der Waals surface area contributed by atoms with Gasteiger partial charge in [-0.05, 0) is 26.3 Å². The highest BCUT2D eigenvalue weighted by Crippen LogP contribution is 2.06. The second kappa shape index (κ2) is 17.0. The van der Waals surface area contributed by atoms with E-state index in [1.807, 2.05) is 39.0 Å². The van der Waals surface area contributed by atoms with Gasteiger partial charge in [-0.1, -0.05) is 30.3 Å². The molecule has 1 rings (SSSR count). The Bertz CT molecular complexity index is 536. The van der Waals surface area contributed by atoms with E-state index in [0.29, 0.717) is 59.4 Å². The summed E-state index contributed by atoms with van der Waals surface area (Å²) in [6.45, 7) is 11.7. The molecule has 0 heterocycles. The molecule has 0 saturated heterocycles. The Balaban J connectivity index is 1.73. The van der Waals surface area contributed by atoms with Gasteiger partial charge in [0.25, 0.3) is 0 Å². The molecule has 0 aliphatic carbocycles. The summed E-state index contributed by atoms with van der Waals surface area (Å²) in [5, 5.41) is 5.97. The quantitative estimate of drug-likeness (QED) is 0.370. The molecule has 1 aromatic carbocycles. The third-order valence-corrected chi connectivity index (χ3v) is 3.63. The summed E-state index contributed by atoms with van der Waals surface area (Å²) in [6.07, 6.45) is -0.438. The van der Waals surface area contributed by atoms with E-state index in [4.69, 9.17) is 23.7 Å². The summed E-state index contributed by atoms with van der Waals surface area (Å²) in [6, 6.07) is 10.3. The maximum Gasteiger partial charge on any atom is 0.407 e. The number of carbonyl (C=O) groups excluding carboxylic acids is 1. The van der Waals surface area contributed by atoms with Crippen LogP contribution in [-0.4, -0.2) is 77.6 Å². The maximum atomic E-state index is 11.4. The standard InChI is InChI=1S/C22H38N2O6/c1-22(2,3)30-21(25)24-10-12-27-14-16-29-18-17-28-15-13-26-11-9-23-19-20-7-5-4-6-8-20/h4-8,23H,9-19H2,1-3H3,(H,24,25). The second-order valence-corrected chi connectivity index (χ2v) is 7.54. The maximum absolute atomic E-state index is 11.4. The normalized spacial score (nSPS) is 11.4. The topological polar surface area (TPSA) is 87.3 Å². The highest BCUT2D eigenvalue weighted by atomic mass is 16.6. The Morgan fingerprint density at radius 3 is 1.80 bits per heavy atom. The average molecular weight is 427 g/mol. The Labute approximate surface area is 180 Å². The van der Waals surface area contributed by atoms with Crippen molar-refractivity contribution in [2.45, 2.75) is 32.9 Å². The Morgan fingerprint density at radius 2 is 1.27 bits per heavy atom. The number of amides is 1. The van der Waals surface area contributed by atoms with E-state index in [-0.39, 0.29) is 0 Å². The van der Waals surface area contributed by atoms with E-state index < -0.39 is 11.7 Å². The Hall–Kier alpha value is -1.71. The molecule has 2 N–H and O–H groups in total. The SMILES string of the molecule is CC(C)(C)OC(=O)NCCOCCOCCOCCOCCNCc1ccccc1. The van der Waals surface area contributed by atoms with E-state index in [2.05, 4.69) is 22.8 Å². The third-order valence-electron chi connectivity index (χ3n) is 3.63. The lowest BCUT2D eigenvalue weighted by atomic mass is 10.2. The van der Waals surface area contributed by atoms with Gasteiger partial charge in [-0.25, -0.2) is 4.79 Å². The number of ether oxygens (including phenoxy) is 5. The zero-order valence-electron chi connectivity index (χ0n) is 18.6. The van der Waals surface area contributed by atoms with Gasteiger partial charge in [-0.15, -0.1) is 0 Å². The molecular formula is C22H38N2O6. The predicted molar refractivity (Wildman–Crippen MR) is 116 cm³/mol. The summed E-state index contributed by atoms with van der Waals surface area (Å²) >= 11 is 0. The molecule has 8 nitrogen and oxygen atoms in total. The first-order valence-corrected chi connectivity index (χ1v) is 10.5. The lowest BCUT2D eigenvalue weighted by Crippen LogP contribution is -2.34. The van der Waals surface area contributed by atoms with Crippen molar-refractivity contribution in [3.63, 3.8) is 0 Å². The number of benzene rings is 1. The van der Waals surface area contributed by atoms with Gasteiger partial charge in [0.15, 0.2) is 0 Å². The van der Waals surface area contributed by atoms with Gasteiger partial charge in [-0.2, -0.15) is 0 Å². The molecule has 0 saturated carbocycles. The van der Waals surface area contributed by atoms with Crippen molar-refractivity contribution in [2.24, 2.45) is 0 Å². The molecule has 1 amide bonds. The minimum absolute atomic E-state index is 0.403. The molecule has 0 fully saturated rings. The first-order chi connectivity index (χ1) is 14.5. The molecule has 0 atom stereocenters. The van der Waals surface area contributed by atoms with Crippen LogP contribution in [0.5, 0.6) is 0 Å². The first kappa shape index (κ1) is 26.3. The third kappa shape index (κ3) is 17.2. The highest BCUT2D eigenvalue weighted by Gasteiger charge is 2.15. The van der Waals surface area contributed by atoms with Crippen LogP contribution in [0.1, 0.15) is 26.3 Å². The predicted octanol–water partition coefficient (Wildman–Crippen LogP) is 2.37. The molecule has 8 heteroatoms. The van der Waals surface area contributed by atoms with Crippen molar-refractivity contribution >= 4 is 6.09 Å². The summed E-state index contributed by atoms with van der Waals surface area (Å²) in [7, 11) is 0. The molecule has 0 aliphatic heterocycles. The number of nitrogens with one attached hydrogen (secondary N) is 2. The molecule has 0 radical (unpaired) electrons. The van der Waals surface area contributed by atoms with Crippen LogP contribution in [0.3, 0.4) is 0 Å². The van der Waals surface area contributed by atoms with Gasteiger partial charge in [0.1, 0.15) is 5.60 Å². The van der Waals surface area contributed by atoms with Gasteiger partial charge in [0, 0.05) is 19.6 Å². The highest BCUT2D eigenvalue weighted by molar-refractivity contribution is 5.67. The van der Waals surface area contributed by atoms with Gasteiger partial charge < -0.3 is 34.3 Å². The minimum Gasteiger partial charge on any atom is -0.444 e. The number of alkyl carbamates (subject to hydrolysis) is 1. The van der Waals surface area contributed by atoms with Crippen LogP contribution in [0.25, 0.3) is 0 Å². The fraction of sp³-hybridized carbons (Fsp3) is 0.682. The number of rotatable bonds is 17. The smallest absolute Gasteiger partial charge is 0.407 e. The van der Waals surface area contributed by atoms with Crippen molar-refractivity contribution in [1.82, 2.24) is 10.6 Å². The molecule has 0 spiro atoms. The van der Waals surface area contributed by atoms with E-state index >= 15 is 0 Å². The number of carbonyl (C=O) groups is 1. The largest absolute Gasteiger partial charge is 0.444 e. The Kier molecular flexibility index (Phi) is 14.9. The number of hydrogen-bond donors (Lipinski definition) is 2. The van der Waals surface area contributed by atoms with Gasteiger partial charge >= 0.3 is 6.09 Å². The number of hydrogen-bond acceptors (Lipinski definition) is 7. The van der Waals surface area contributed by atoms with Gasteiger partial charge in [0.2, 0.25) is 0 Å². The molecule has 0 aliphatic rings. The molecule has 172 valence electrons. The first-order valence-electron chi connectivity index (χ1n) is 10.5. The monoisotopic (exact) mass is 426 g/mol. The van der Waals surface area contributed by atoms with Crippen LogP contribution in [0.4, 0.5) is 4.79 Å². The molecule has 0 aromatic heterocycles. The van der Waals surface area contributed by atoms with E-state index in [0.717, 1.165) is 13.1 Å². The van der Waals surface area contributed by atoms with Crippen molar-refractivity contribution < 1.29 is 28.5 Å². The molecule has 1 aromatic rings. The summed E-state index contributed by atoms with van der Waals surface area (Å²) in [5.74, 6) is 0. The van der Waals surface area contributed by atoms with Gasteiger partial charge in [0.05, 0.1) is 52.9 Å². The average Bonchev–Trinajstić information content (AvgIpc) is 2.69. The van der Waals surface area contributed by atoms with Crippen LogP contribution in [0.15, 0.2) is 30.3 Å². The molecular weight excluding hydrogens is 388 g/mol. The van der Waals surface area contributed by atoms with Crippen molar-refractivity contribution in [2.75, 3.05) is 65.9 Å². The summed E-state index contributed by atoms with van der Waals surface area (Å²) in [4.78, 5) is 11.4. The van der Waals surface area contributed by atoms with Crippen LogP contribution in [-0.2, 0) is 30.2 Å². The Morgan fingerprint density at radius 1 is 0.767 bits per heavy atom. The van der Waals surface area contributed by atoms with Gasteiger partial charge in [-0.3, -0.25) is 0 Å². The molecule has 0 unspecified atom stereocenters. The lowest BCUT2D eigenvalue weighted by Gasteiger charge is -2.19. The summed E-state index contributed by atoms with van der Waals surface area (Å²) in [5.41, 5.74) is 0.774.